The second-order valence-corrected chi connectivity index (χ2v) is 6.55. The van der Waals surface area contributed by atoms with Gasteiger partial charge in [-0.3, -0.25) is 0 Å². The van der Waals surface area contributed by atoms with Crippen LogP contribution in [0.4, 0.5) is 4.79 Å². The van der Waals surface area contributed by atoms with Gasteiger partial charge >= 0.3 is 18.0 Å². The van der Waals surface area contributed by atoms with Gasteiger partial charge in [-0.2, -0.15) is 9.97 Å². The number of aromatic carboxylic acids is 1. The maximum atomic E-state index is 12.4. The van der Waals surface area contributed by atoms with Crippen molar-refractivity contribution in [2.75, 3.05) is 7.11 Å². The first-order chi connectivity index (χ1) is 12.2. The zero-order valence-corrected chi connectivity index (χ0v) is 14.6. The van der Waals surface area contributed by atoms with Crippen molar-refractivity contribution in [3.8, 4) is 6.01 Å². The Bertz CT molecular complexity index is 947. The summed E-state index contributed by atoms with van der Waals surface area (Å²) in [5.41, 5.74) is -0.250. The van der Waals surface area contributed by atoms with E-state index in [0.717, 1.165) is 6.07 Å². The van der Waals surface area contributed by atoms with Crippen LogP contribution >= 0.6 is 0 Å². The largest absolute Gasteiger partial charge is 0.478 e. The molecular weight excluding hydrogens is 366 g/mol. The van der Waals surface area contributed by atoms with Gasteiger partial charge in [-0.1, -0.05) is 12.1 Å². The van der Waals surface area contributed by atoms with Crippen molar-refractivity contribution in [2.24, 2.45) is 0 Å². The zero-order chi connectivity index (χ0) is 19.3. The fourth-order valence-corrected chi connectivity index (χ4v) is 3.40. The van der Waals surface area contributed by atoms with Crippen molar-refractivity contribution in [3.05, 3.63) is 41.5 Å². The molecule has 3 N–H and O–H groups in total. The molecule has 11 nitrogen and oxygen atoms in total. The van der Waals surface area contributed by atoms with Gasteiger partial charge in [0.05, 0.1) is 19.2 Å². The Morgan fingerprint density at radius 2 is 2.00 bits per heavy atom. The molecule has 138 valence electrons. The van der Waals surface area contributed by atoms with Gasteiger partial charge in [0, 0.05) is 0 Å². The van der Waals surface area contributed by atoms with Crippen LogP contribution in [0.1, 0.15) is 21.7 Å². The summed E-state index contributed by atoms with van der Waals surface area (Å²) in [6.45, 7) is 1.23. The molecule has 2 amide bonds. The zero-order valence-electron chi connectivity index (χ0n) is 13.8. The average Bonchev–Trinajstić information content (AvgIpc) is 2.59. The highest BCUT2D eigenvalue weighted by Gasteiger charge is 2.26. The van der Waals surface area contributed by atoms with Gasteiger partial charge in [0.1, 0.15) is 11.2 Å². The molecule has 2 rings (SSSR count). The molecule has 1 aromatic carbocycles. The van der Waals surface area contributed by atoms with Gasteiger partial charge in [0.15, 0.2) is 5.82 Å². The summed E-state index contributed by atoms with van der Waals surface area (Å²) in [6, 6.07) is 2.95. The van der Waals surface area contributed by atoms with Crippen LogP contribution in [-0.2, 0) is 16.6 Å². The van der Waals surface area contributed by atoms with Crippen molar-refractivity contribution in [1.29, 1.82) is 0 Å². The Hall–Kier alpha value is -3.28. The summed E-state index contributed by atoms with van der Waals surface area (Å²) in [7, 11) is -3.05. The van der Waals surface area contributed by atoms with E-state index in [9.17, 15) is 18.0 Å². The van der Waals surface area contributed by atoms with E-state index in [0.29, 0.717) is 0 Å². The molecule has 2 aromatic rings. The summed E-state index contributed by atoms with van der Waals surface area (Å²) in [5, 5.41) is 11.4. The van der Waals surface area contributed by atoms with E-state index >= 15 is 0 Å². The van der Waals surface area contributed by atoms with E-state index in [1.807, 2.05) is 0 Å². The Kier molecular flexibility index (Phi) is 5.67. The number of carbonyl (C=O) groups excluding carboxylic acids is 1. The number of nitrogens with one attached hydrogen (secondary N) is 2. The van der Waals surface area contributed by atoms with E-state index in [1.165, 1.54) is 32.5 Å². The molecule has 0 saturated carbocycles. The Labute approximate surface area is 148 Å². The first kappa shape index (κ1) is 19.1. The van der Waals surface area contributed by atoms with E-state index in [4.69, 9.17) is 9.84 Å². The average molecular weight is 381 g/mol. The van der Waals surface area contributed by atoms with Gasteiger partial charge in [-0.15, -0.1) is 0 Å². The lowest BCUT2D eigenvalue weighted by Crippen LogP contribution is -2.40. The fraction of sp³-hybridized carbons (Fsp3) is 0.214. The van der Waals surface area contributed by atoms with Crippen LogP contribution in [0.25, 0.3) is 0 Å². The van der Waals surface area contributed by atoms with Gasteiger partial charge in [0.2, 0.25) is 0 Å². The minimum absolute atomic E-state index is 0.0378. The third-order valence-corrected chi connectivity index (χ3v) is 4.66. The normalized spacial score (nSPS) is 10.8. The van der Waals surface area contributed by atoms with Gasteiger partial charge in [-0.25, -0.2) is 27.7 Å². The molecule has 0 fully saturated rings. The molecule has 12 heteroatoms. The van der Waals surface area contributed by atoms with E-state index in [-0.39, 0.29) is 23.9 Å². The number of carboxylic acids is 1. The maximum absolute atomic E-state index is 12.4. The molecule has 0 aliphatic carbocycles. The number of aryl methyl sites for hydroxylation is 1. The Balaban J connectivity index is 2.14. The minimum atomic E-state index is -4.40. The number of benzene rings is 1. The molecule has 0 bridgehead atoms. The molecule has 26 heavy (non-hydrogen) atoms. The smallest absolute Gasteiger partial charge is 0.337 e. The van der Waals surface area contributed by atoms with Crippen LogP contribution in [0.15, 0.2) is 29.4 Å². The van der Waals surface area contributed by atoms with Crippen molar-refractivity contribution < 1.29 is 27.9 Å². The second-order valence-electron chi connectivity index (χ2n) is 4.93. The number of hydrogen-bond acceptors (Lipinski definition) is 8. The summed E-state index contributed by atoms with van der Waals surface area (Å²) >= 11 is 0. The van der Waals surface area contributed by atoms with E-state index in [1.54, 1.807) is 4.72 Å². The fourth-order valence-electron chi connectivity index (χ4n) is 2.04. The summed E-state index contributed by atoms with van der Waals surface area (Å²) in [4.78, 5) is 34.0. The highest BCUT2D eigenvalue weighted by atomic mass is 32.2. The molecule has 1 aromatic heterocycles. The van der Waals surface area contributed by atoms with Gasteiger partial charge in [-0.05, 0) is 18.6 Å². The number of rotatable bonds is 6. The van der Waals surface area contributed by atoms with Crippen molar-refractivity contribution >= 4 is 22.0 Å². The molecular formula is C14H15N5O6S. The Morgan fingerprint density at radius 3 is 2.65 bits per heavy atom. The third-order valence-electron chi connectivity index (χ3n) is 3.13. The molecule has 0 saturated heterocycles. The molecule has 0 aliphatic rings. The highest BCUT2D eigenvalue weighted by Crippen LogP contribution is 2.20. The summed E-state index contributed by atoms with van der Waals surface area (Å²) < 4.78 is 31.4. The number of carboxylic acid groups (broad SMARTS) is 1. The molecule has 1 heterocycles. The van der Waals surface area contributed by atoms with Crippen LogP contribution in [0.5, 0.6) is 6.01 Å². The maximum Gasteiger partial charge on any atom is 0.337 e. The lowest BCUT2D eigenvalue weighted by atomic mass is 10.1. The molecule has 0 atom stereocenters. The SMILES string of the molecule is COc1ncnc(CNC(=O)NS(=O)(=O)c2c(C)cccc2C(=O)O)n1. The molecule has 0 radical (unpaired) electrons. The first-order valence-electron chi connectivity index (χ1n) is 7.10. The second kappa shape index (κ2) is 7.74. The van der Waals surface area contributed by atoms with Crippen LogP contribution < -0.4 is 14.8 Å². The number of carbonyl (C=O) groups is 2. The predicted molar refractivity (Wildman–Crippen MR) is 87.1 cm³/mol. The van der Waals surface area contributed by atoms with Crippen LogP contribution in [0.3, 0.4) is 0 Å². The standard InChI is InChI=1S/C14H15N5O6S/c1-8-4-3-5-9(12(20)21)11(8)26(23,24)19-13(22)15-6-10-16-7-17-14(18-10)25-2/h3-5,7H,6H2,1-2H3,(H,20,21)(H2,15,19,22). The highest BCUT2D eigenvalue weighted by molar-refractivity contribution is 7.90. The van der Waals surface area contributed by atoms with Gasteiger partial charge < -0.3 is 15.2 Å². The number of amides is 2. The number of nitrogens with zero attached hydrogens (tertiary/aromatic N) is 3. The van der Waals surface area contributed by atoms with Gasteiger partial charge in [0.25, 0.3) is 10.0 Å². The lowest BCUT2D eigenvalue weighted by Gasteiger charge is -2.12. The van der Waals surface area contributed by atoms with Crippen LogP contribution in [-0.4, -0.2) is 47.6 Å². The summed E-state index contributed by atoms with van der Waals surface area (Å²) in [6.07, 6.45) is 1.17. The monoisotopic (exact) mass is 381 g/mol. The quantitative estimate of drug-likeness (QED) is 0.629. The van der Waals surface area contributed by atoms with Crippen molar-refractivity contribution in [1.82, 2.24) is 25.0 Å². The Morgan fingerprint density at radius 1 is 1.27 bits per heavy atom. The predicted octanol–water partition coefficient (Wildman–Crippen LogP) is 0.0749. The number of hydrogen-bond donors (Lipinski definition) is 3. The molecule has 0 unspecified atom stereocenters. The van der Waals surface area contributed by atoms with E-state index in [2.05, 4.69) is 20.3 Å². The number of methoxy groups -OCH3 is 1. The minimum Gasteiger partial charge on any atom is -0.478 e. The third kappa shape index (κ3) is 4.42. The van der Waals surface area contributed by atoms with Crippen LogP contribution in [0.2, 0.25) is 0 Å². The molecule has 0 aliphatic heterocycles. The number of ether oxygens (including phenoxy) is 1. The lowest BCUT2D eigenvalue weighted by molar-refractivity contribution is 0.0692. The van der Waals surface area contributed by atoms with Crippen molar-refractivity contribution in [3.63, 3.8) is 0 Å². The topological polar surface area (TPSA) is 160 Å². The number of urea groups is 1. The van der Waals surface area contributed by atoms with Crippen LogP contribution in [0, 0.1) is 6.92 Å². The molecule has 0 spiro atoms. The number of aromatic nitrogens is 3. The first-order valence-corrected chi connectivity index (χ1v) is 8.58. The van der Waals surface area contributed by atoms with Crippen molar-refractivity contribution in [2.45, 2.75) is 18.4 Å². The number of sulfonamides is 1. The summed E-state index contributed by atoms with van der Waals surface area (Å²) in [5.74, 6) is -1.28. The van der Waals surface area contributed by atoms with E-state index < -0.39 is 32.5 Å².